The van der Waals surface area contributed by atoms with Crippen molar-refractivity contribution in [2.45, 2.75) is 37.8 Å². The first-order chi connectivity index (χ1) is 11.7. The first-order valence-electron chi connectivity index (χ1n) is 8.64. The van der Waals surface area contributed by atoms with Gasteiger partial charge in [0.05, 0.1) is 24.6 Å². The number of likely N-dealkylation sites (tertiary alicyclic amines) is 1. The number of carbonyl (C=O) groups excluding carboxylic acids is 1. The maximum Gasteiger partial charge on any atom is 0.289 e. The van der Waals surface area contributed by atoms with E-state index in [1.54, 1.807) is 23.1 Å². The molecule has 0 radical (unpaired) electrons. The van der Waals surface area contributed by atoms with Gasteiger partial charge in [0.1, 0.15) is 0 Å². The number of rotatable bonds is 6. The molecular weight excluding hydrogens is 306 g/mol. The van der Waals surface area contributed by atoms with Crippen LogP contribution in [-0.4, -0.2) is 45.9 Å². The molecule has 0 unspecified atom stereocenters. The van der Waals surface area contributed by atoms with E-state index in [1.165, 1.54) is 12.8 Å². The number of carbonyl (C=O) groups is 1. The third kappa shape index (κ3) is 3.24. The third-order valence-corrected chi connectivity index (χ3v) is 4.92. The fourth-order valence-electron chi connectivity index (χ4n) is 3.42. The van der Waals surface area contributed by atoms with E-state index in [2.05, 4.69) is 5.10 Å². The van der Waals surface area contributed by atoms with Gasteiger partial charge in [0.25, 0.3) is 5.91 Å². The summed E-state index contributed by atoms with van der Waals surface area (Å²) < 4.78 is 13.3. The molecule has 4 rings (SSSR count). The zero-order chi connectivity index (χ0) is 16.5. The molecule has 0 N–H and O–H groups in total. The Kier molecular flexibility index (Phi) is 4.14. The third-order valence-electron chi connectivity index (χ3n) is 4.92. The molecule has 2 fully saturated rings. The molecule has 1 aliphatic carbocycles. The van der Waals surface area contributed by atoms with E-state index in [4.69, 9.17) is 9.15 Å². The van der Waals surface area contributed by atoms with Crippen LogP contribution in [0.15, 0.2) is 35.2 Å². The van der Waals surface area contributed by atoms with Crippen molar-refractivity contribution in [1.29, 1.82) is 0 Å². The number of aromatic nitrogens is 2. The van der Waals surface area contributed by atoms with Crippen LogP contribution >= 0.6 is 0 Å². The van der Waals surface area contributed by atoms with Gasteiger partial charge < -0.3 is 14.1 Å². The lowest BCUT2D eigenvalue weighted by Crippen LogP contribution is -2.42. The molecule has 2 aromatic heterocycles. The normalized spacial score (nSPS) is 23.8. The average molecular weight is 329 g/mol. The van der Waals surface area contributed by atoms with Crippen molar-refractivity contribution in [1.82, 2.24) is 14.7 Å². The molecule has 24 heavy (non-hydrogen) atoms. The second-order valence-electron chi connectivity index (χ2n) is 6.87. The van der Waals surface area contributed by atoms with Crippen molar-refractivity contribution in [2.24, 2.45) is 13.0 Å². The summed E-state index contributed by atoms with van der Waals surface area (Å²) >= 11 is 0. The zero-order valence-corrected chi connectivity index (χ0v) is 13.9. The minimum atomic E-state index is -0.0496. The number of ether oxygens (including phenoxy) is 1. The van der Waals surface area contributed by atoms with E-state index in [9.17, 15) is 4.79 Å². The van der Waals surface area contributed by atoms with Crippen LogP contribution in [0.5, 0.6) is 0 Å². The largest absolute Gasteiger partial charge is 0.459 e. The van der Waals surface area contributed by atoms with Crippen molar-refractivity contribution >= 4 is 5.91 Å². The summed E-state index contributed by atoms with van der Waals surface area (Å²) in [6.07, 6.45) is 9.69. The molecule has 128 valence electrons. The number of nitrogens with zero attached hydrogens (tertiary/aromatic N) is 3. The Morgan fingerprint density at radius 2 is 2.29 bits per heavy atom. The van der Waals surface area contributed by atoms with Gasteiger partial charge in [-0.15, -0.1) is 0 Å². The lowest BCUT2D eigenvalue weighted by molar-refractivity contribution is 0.0192. The highest BCUT2D eigenvalue weighted by Gasteiger charge is 2.39. The average Bonchev–Trinajstić information content (AvgIpc) is 2.98. The molecule has 1 amide bonds. The van der Waals surface area contributed by atoms with E-state index in [-0.39, 0.29) is 18.1 Å². The molecule has 2 aromatic rings. The Morgan fingerprint density at radius 3 is 2.96 bits per heavy atom. The van der Waals surface area contributed by atoms with Gasteiger partial charge in [-0.25, -0.2) is 0 Å². The van der Waals surface area contributed by atoms with Crippen molar-refractivity contribution < 1.29 is 13.9 Å². The summed E-state index contributed by atoms with van der Waals surface area (Å²) in [6, 6.07) is 3.51. The Morgan fingerprint density at radius 1 is 1.42 bits per heavy atom. The molecule has 6 heteroatoms. The topological polar surface area (TPSA) is 60.5 Å². The van der Waals surface area contributed by atoms with Crippen LogP contribution in [0.2, 0.25) is 0 Å². The van der Waals surface area contributed by atoms with Crippen molar-refractivity contribution in [3.8, 4) is 0 Å². The van der Waals surface area contributed by atoms with E-state index >= 15 is 0 Å². The highest BCUT2D eigenvalue weighted by Crippen LogP contribution is 2.32. The molecule has 6 nitrogen and oxygen atoms in total. The fraction of sp³-hybridized carbons (Fsp3) is 0.556. The Bertz CT molecular complexity index is 690. The molecule has 1 saturated heterocycles. The van der Waals surface area contributed by atoms with E-state index < -0.39 is 0 Å². The van der Waals surface area contributed by atoms with Gasteiger partial charge in [-0.2, -0.15) is 5.10 Å². The highest BCUT2D eigenvalue weighted by molar-refractivity contribution is 5.92. The summed E-state index contributed by atoms with van der Waals surface area (Å²) in [5.41, 5.74) is 1.13. The van der Waals surface area contributed by atoms with Crippen LogP contribution in [0, 0.1) is 5.92 Å². The molecule has 2 aliphatic rings. The molecule has 0 spiro atoms. The molecule has 0 bridgehead atoms. The number of amides is 1. The summed E-state index contributed by atoms with van der Waals surface area (Å²) in [5.74, 6) is 1.07. The van der Waals surface area contributed by atoms with Crippen LogP contribution < -0.4 is 0 Å². The Hall–Kier alpha value is -2.08. The molecule has 2 atom stereocenters. The SMILES string of the molecule is Cn1cc(C[C@@H]2[C@@H](OCC3CC3)CCN2C(=O)c2ccco2)cn1. The van der Waals surface area contributed by atoms with Crippen LogP contribution in [0.1, 0.15) is 35.4 Å². The van der Waals surface area contributed by atoms with Gasteiger partial charge in [-0.05, 0) is 49.3 Å². The van der Waals surface area contributed by atoms with Crippen LogP contribution in [-0.2, 0) is 18.2 Å². The number of furan rings is 1. The van der Waals surface area contributed by atoms with Gasteiger partial charge >= 0.3 is 0 Å². The second kappa shape index (κ2) is 6.43. The molecule has 1 saturated carbocycles. The molecule has 3 heterocycles. The molecular formula is C18H23N3O3. The predicted octanol–water partition coefficient (Wildman–Crippen LogP) is 2.27. The van der Waals surface area contributed by atoms with E-state index in [0.717, 1.165) is 30.9 Å². The second-order valence-corrected chi connectivity index (χ2v) is 6.87. The maximum absolute atomic E-state index is 12.8. The zero-order valence-electron chi connectivity index (χ0n) is 13.9. The molecule has 0 aromatic carbocycles. The highest BCUT2D eigenvalue weighted by atomic mass is 16.5. The summed E-state index contributed by atoms with van der Waals surface area (Å²) in [5, 5.41) is 4.24. The van der Waals surface area contributed by atoms with Crippen molar-refractivity contribution in [3.05, 3.63) is 42.1 Å². The minimum Gasteiger partial charge on any atom is -0.459 e. The van der Waals surface area contributed by atoms with Crippen LogP contribution in [0.4, 0.5) is 0 Å². The van der Waals surface area contributed by atoms with E-state index in [0.29, 0.717) is 12.3 Å². The number of hydrogen-bond acceptors (Lipinski definition) is 4. The quantitative estimate of drug-likeness (QED) is 0.816. The van der Waals surface area contributed by atoms with Crippen molar-refractivity contribution in [3.63, 3.8) is 0 Å². The maximum atomic E-state index is 12.8. The molecule has 1 aliphatic heterocycles. The van der Waals surface area contributed by atoms with Crippen LogP contribution in [0.3, 0.4) is 0 Å². The summed E-state index contributed by atoms with van der Waals surface area (Å²) in [4.78, 5) is 14.7. The smallest absolute Gasteiger partial charge is 0.289 e. The van der Waals surface area contributed by atoms with Gasteiger partial charge in [-0.3, -0.25) is 9.48 Å². The van der Waals surface area contributed by atoms with E-state index in [1.807, 2.05) is 24.3 Å². The first kappa shape index (κ1) is 15.4. The first-order valence-corrected chi connectivity index (χ1v) is 8.64. The minimum absolute atomic E-state index is 0.0329. The van der Waals surface area contributed by atoms with Gasteiger partial charge in [-0.1, -0.05) is 0 Å². The number of aryl methyl sites for hydroxylation is 1. The fourth-order valence-corrected chi connectivity index (χ4v) is 3.42. The monoisotopic (exact) mass is 329 g/mol. The lowest BCUT2D eigenvalue weighted by Gasteiger charge is -2.27. The van der Waals surface area contributed by atoms with Gasteiger partial charge in [0.2, 0.25) is 0 Å². The van der Waals surface area contributed by atoms with Crippen LogP contribution in [0.25, 0.3) is 0 Å². The lowest BCUT2D eigenvalue weighted by atomic mass is 10.0. The van der Waals surface area contributed by atoms with Gasteiger partial charge in [0.15, 0.2) is 5.76 Å². The summed E-state index contributed by atoms with van der Waals surface area (Å²) in [7, 11) is 1.91. The van der Waals surface area contributed by atoms with Gasteiger partial charge in [0, 0.05) is 26.4 Å². The predicted molar refractivity (Wildman–Crippen MR) is 87.5 cm³/mol. The summed E-state index contributed by atoms with van der Waals surface area (Å²) in [6.45, 7) is 1.52. The standard InChI is InChI=1S/C18H23N3O3/c1-20-11-14(10-19-20)9-15-16(24-12-13-4-5-13)6-7-21(15)18(22)17-3-2-8-23-17/h2-3,8,10-11,13,15-16H,4-7,9,12H2,1H3/t15-,16+/m1/s1. The Labute approximate surface area is 141 Å². The number of hydrogen-bond donors (Lipinski definition) is 0. The van der Waals surface area contributed by atoms with Crippen molar-refractivity contribution in [2.75, 3.05) is 13.2 Å². The Balaban J connectivity index is 1.51.